The number of hydrogen-bond acceptors (Lipinski definition) is 8. The lowest BCUT2D eigenvalue weighted by atomic mass is 9.45. The van der Waals surface area contributed by atoms with Gasteiger partial charge in [-0.1, -0.05) is 44.1 Å². The largest absolute Gasteiger partial charge is 0.496 e. The van der Waals surface area contributed by atoms with Gasteiger partial charge in [-0.05, 0) is 72.2 Å². The van der Waals surface area contributed by atoms with E-state index in [1.807, 2.05) is 55.4 Å². The van der Waals surface area contributed by atoms with Gasteiger partial charge < -0.3 is 25.4 Å². The minimum Gasteiger partial charge on any atom is -0.496 e. The standard InChI is InChI=1S/C35H49N7O5/c1-19-27-15-24(35(27,3)4)16-28(19)39-34(45)31-30(20(2)43)29(17-38-40-36)47-42(31)18-21-10-9-11-26(32(21)46-8)22-12-23(33(44)37-5)14-25(13-22)41(6)7/h9-14,19-20,24,27-31,43H,15-18H2,1-8H3,(H,37,44)(H,39,45)/t19-,20-,24+,27-,28-,29-,30+,31-/m0/s1. The molecule has 3 N–H and O–H groups in total. The van der Waals surface area contributed by atoms with Crippen LogP contribution in [0.25, 0.3) is 21.6 Å². The van der Waals surface area contributed by atoms with E-state index in [1.165, 1.54) is 6.42 Å². The zero-order valence-electron chi connectivity index (χ0n) is 28.7. The summed E-state index contributed by atoms with van der Waals surface area (Å²) in [5.41, 5.74) is 13.0. The van der Waals surface area contributed by atoms with Gasteiger partial charge in [0.2, 0.25) is 5.91 Å². The van der Waals surface area contributed by atoms with E-state index >= 15 is 0 Å². The highest BCUT2D eigenvalue weighted by atomic mass is 16.7. The molecular formula is C35H49N7O5. The highest BCUT2D eigenvalue weighted by Crippen LogP contribution is 2.61. The summed E-state index contributed by atoms with van der Waals surface area (Å²) >= 11 is 0. The third-order valence-electron chi connectivity index (χ3n) is 11.1. The molecule has 47 heavy (non-hydrogen) atoms. The molecule has 2 amide bonds. The molecule has 12 heteroatoms. The SMILES string of the molecule is CNC(=O)c1cc(-c2cccc(CN3O[C@@H](CN=[N+]=[N-])[C@@H]([C@H](C)O)[C@H]3C(=O)N[C@H]3C[C@H]4C[C@@H]([C@@H]3C)C4(C)C)c2OC)cc(N(C)C)c1. The number of nitrogens with zero attached hydrogens (tertiary/aromatic N) is 5. The van der Waals surface area contributed by atoms with Gasteiger partial charge in [0.05, 0.1) is 32.4 Å². The second-order valence-corrected chi connectivity index (χ2v) is 14.2. The van der Waals surface area contributed by atoms with Gasteiger partial charge >= 0.3 is 0 Å². The number of hydrogen-bond donors (Lipinski definition) is 3. The lowest BCUT2D eigenvalue weighted by Gasteiger charge is -2.62. The Balaban J connectivity index is 1.49. The first-order valence-electron chi connectivity index (χ1n) is 16.5. The van der Waals surface area contributed by atoms with E-state index in [9.17, 15) is 14.7 Å². The summed E-state index contributed by atoms with van der Waals surface area (Å²) in [6, 6.07) is 10.6. The fraction of sp³-hybridized carbons (Fsp3) is 0.600. The molecule has 0 spiro atoms. The van der Waals surface area contributed by atoms with Crippen molar-refractivity contribution in [2.24, 2.45) is 34.2 Å². The number of carbonyl (C=O) groups is 2. The molecule has 1 saturated heterocycles. The number of fused-ring (bicyclic) bond motifs is 2. The van der Waals surface area contributed by atoms with Crippen LogP contribution in [0.15, 0.2) is 41.5 Å². The first-order chi connectivity index (χ1) is 22.3. The van der Waals surface area contributed by atoms with Crippen LogP contribution in [0.1, 0.15) is 56.5 Å². The van der Waals surface area contributed by atoms with E-state index in [1.54, 1.807) is 26.1 Å². The van der Waals surface area contributed by atoms with Crippen LogP contribution in [0.3, 0.4) is 0 Å². The van der Waals surface area contributed by atoms with Crippen LogP contribution in [0.5, 0.6) is 5.75 Å². The Hall–Kier alpha value is -3.83. The molecular weight excluding hydrogens is 598 g/mol. The first-order valence-corrected chi connectivity index (χ1v) is 16.5. The first kappa shape index (κ1) is 34.5. The number of nitrogens with one attached hydrogen (secondary N) is 2. The number of amides is 2. The molecule has 254 valence electrons. The highest BCUT2D eigenvalue weighted by molar-refractivity contribution is 5.97. The summed E-state index contributed by atoms with van der Waals surface area (Å²) < 4.78 is 5.99. The molecule has 2 aromatic rings. The lowest BCUT2D eigenvalue weighted by Crippen LogP contribution is -2.62. The molecule has 6 rings (SSSR count). The molecule has 1 heterocycles. The van der Waals surface area contributed by atoms with Crippen LogP contribution in [-0.4, -0.2) is 81.1 Å². The highest BCUT2D eigenvalue weighted by Gasteiger charge is 2.57. The number of aliphatic hydroxyl groups is 1. The summed E-state index contributed by atoms with van der Waals surface area (Å²) in [5.74, 6) is 0.975. The van der Waals surface area contributed by atoms with Gasteiger partial charge in [0.15, 0.2) is 0 Å². The fourth-order valence-electron chi connectivity index (χ4n) is 8.25. The molecule has 3 saturated carbocycles. The van der Waals surface area contributed by atoms with E-state index in [2.05, 4.69) is 41.4 Å². The number of methoxy groups -OCH3 is 1. The minimum atomic E-state index is -0.907. The van der Waals surface area contributed by atoms with E-state index < -0.39 is 24.2 Å². The number of rotatable bonds is 11. The Kier molecular flexibility index (Phi) is 10.1. The summed E-state index contributed by atoms with van der Waals surface area (Å²) in [6.07, 6.45) is 0.516. The minimum absolute atomic E-state index is 0.0265. The van der Waals surface area contributed by atoms with Crippen molar-refractivity contribution in [2.75, 3.05) is 39.7 Å². The number of benzene rings is 2. The van der Waals surface area contributed by atoms with Crippen LogP contribution >= 0.6 is 0 Å². The smallest absolute Gasteiger partial charge is 0.251 e. The predicted molar refractivity (Wildman–Crippen MR) is 181 cm³/mol. The predicted octanol–water partition coefficient (Wildman–Crippen LogP) is 4.77. The van der Waals surface area contributed by atoms with E-state index in [-0.39, 0.29) is 36.4 Å². The van der Waals surface area contributed by atoms with Crippen LogP contribution < -0.4 is 20.3 Å². The molecule has 1 aliphatic heterocycles. The zero-order valence-corrected chi connectivity index (χ0v) is 28.7. The van der Waals surface area contributed by atoms with E-state index in [4.69, 9.17) is 15.1 Å². The average Bonchev–Trinajstić information content (AvgIpc) is 3.41. The second kappa shape index (κ2) is 13.7. The van der Waals surface area contributed by atoms with Crippen molar-refractivity contribution in [3.63, 3.8) is 0 Å². The molecule has 2 aromatic carbocycles. The lowest BCUT2D eigenvalue weighted by molar-refractivity contribution is -0.175. The monoisotopic (exact) mass is 647 g/mol. The molecule has 0 radical (unpaired) electrons. The second-order valence-electron chi connectivity index (χ2n) is 14.2. The summed E-state index contributed by atoms with van der Waals surface area (Å²) in [5, 5.41) is 22.4. The quantitative estimate of drug-likeness (QED) is 0.181. The molecule has 0 aromatic heterocycles. The Morgan fingerprint density at radius 2 is 2.00 bits per heavy atom. The third kappa shape index (κ3) is 6.52. The molecule has 2 bridgehead atoms. The average molecular weight is 648 g/mol. The van der Waals surface area contributed by atoms with Crippen molar-refractivity contribution in [1.82, 2.24) is 15.7 Å². The molecule has 12 nitrogen and oxygen atoms in total. The third-order valence-corrected chi connectivity index (χ3v) is 11.1. The normalized spacial score (nSPS) is 28.4. The Morgan fingerprint density at radius 1 is 1.26 bits per heavy atom. The maximum Gasteiger partial charge on any atom is 0.251 e. The molecule has 8 atom stereocenters. The van der Waals surface area contributed by atoms with Gasteiger partial charge in [-0.25, -0.2) is 0 Å². The maximum absolute atomic E-state index is 14.2. The number of azide groups is 1. The van der Waals surface area contributed by atoms with Crippen molar-refractivity contribution in [3.05, 3.63) is 58.0 Å². The number of aliphatic hydroxyl groups excluding tert-OH is 1. The van der Waals surface area contributed by atoms with Gasteiger partial charge in [-0.3, -0.25) is 14.4 Å². The maximum atomic E-state index is 14.2. The van der Waals surface area contributed by atoms with Crippen molar-refractivity contribution < 1.29 is 24.3 Å². The Morgan fingerprint density at radius 3 is 2.60 bits per heavy atom. The number of anilines is 1. The van der Waals surface area contributed by atoms with Crippen LogP contribution in [0.2, 0.25) is 0 Å². The molecule has 4 aliphatic rings. The van der Waals surface area contributed by atoms with Gasteiger partial charge in [0.25, 0.3) is 5.91 Å². The summed E-state index contributed by atoms with van der Waals surface area (Å²) in [6.45, 7) is 8.66. The van der Waals surface area contributed by atoms with Crippen molar-refractivity contribution in [1.29, 1.82) is 0 Å². The van der Waals surface area contributed by atoms with Crippen molar-refractivity contribution in [2.45, 2.75) is 71.4 Å². The van der Waals surface area contributed by atoms with Crippen LogP contribution in [-0.2, 0) is 16.2 Å². The summed E-state index contributed by atoms with van der Waals surface area (Å²) in [4.78, 5) is 38.1. The van der Waals surface area contributed by atoms with Gasteiger partial charge in [-0.2, -0.15) is 5.06 Å². The van der Waals surface area contributed by atoms with Gasteiger partial charge in [-0.15, -0.1) is 0 Å². The summed E-state index contributed by atoms with van der Waals surface area (Å²) in [7, 11) is 7.02. The Labute approximate surface area is 277 Å². The topological polar surface area (TPSA) is 152 Å². The zero-order chi connectivity index (χ0) is 34.2. The number of para-hydroxylation sites is 1. The van der Waals surface area contributed by atoms with E-state index in [0.717, 1.165) is 28.8 Å². The van der Waals surface area contributed by atoms with Gasteiger partial charge in [0, 0.05) is 60.4 Å². The van der Waals surface area contributed by atoms with E-state index in [0.29, 0.717) is 29.1 Å². The fourth-order valence-corrected chi connectivity index (χ4v) is 8.25. The number of ether oxygens (including phenoxy) is 1. The van der Waals surface area contributed by atoms with Crippen molar-refractivity contribution >= 4 is 17.5 Å². The Bertz CT molecular complexity index is 1540. The van der Waals surface area contributed by atoms with Crippen molar-refractivity contribution in [3.8, 4) is 16.9 Å². The van der Waals surface area contributed by atoms with Crippen LogP contribution in [0.4, 0.5) is 5.69 Å². The molecule has 0 unspecified atom stereocenters. The molecule has 3 aliphatic carbocycles. The number of hydroxylamine groups is 2. The van der Waals surface area contributed by atoms with Crippen LogP contribution in [0, 0.1) is 29.1 Å². The molecule has 4 fully saturated rings. The van der Waals surface area contributed by atoms with Gasteiger partial charge in [0.1, 0.15) is 11.8 Å². The number of carbonyl (C=O) groups excluding carboxylic acids is 2.